The Morgan fingerprint density at radius 3 is 2.57 bits per heavy atom. The van der Waals surface area contributed by atoms with Gasteiger partial charge in [0.05, 0.1) is 17.1 Å². The maximum Gasteiger partial charge on any atom is 0.338 e. The predicted octanol–water partition coefficient (Wildman–Crippen LogP) is 0.833. The van der Waals surface area contributed by atoms with E-state index >= 15 is 0 Å². The number of rotatable bonds is 5. The molecule has 0 aliphatic carbocycles. The average Bonchev–Trinajstić information content (AvgIpc) is 2.97. The van der Waals surface area contributed by atoms with Gasteiger partial charge in [0.25, 0.3) is 0 Å². The van der Waals surface area contributed by atoms with Crippen molar-refractivity contribution in [2.75, 3.05) is 26.2 Å². The van der Waals surface area contributed by atoms with Gasteiger partial charge in [0.2, 0.25) is 10.0 Å². The minimum Gasteiger partial charge on any atom is -0.462 e. The number of hydrogen-bond acceptors (Lipinski definition) is 5. The first-order valence-electron chi connectivity index (χ1n) is 6.96. The van der Waals surface area contributed by atoms with Crippen LogP contribution in [0.25, 0.3) is 0 Å². The van der Waals surface area contributed by atoms with E-state index in [4.69, 9.17) is 10.5 Å². The van der Waals surface area contributed by atoms with Gasteiger partial charge in [-0.15, -0.1) is 0 Å². The lowest BCUT2D eigenvalue weighted by atomic mass is 10.1. The molecule has 116 valence electrons. The highest BCUT2D eigenvalue weighted by Crippen LogP contribution is 2.24. The molecule has 0 spiro atoms. The third kappa shape index (κ3) is 3.42. The van der Waals surface area contributed by atoms with E-state index in [0.29, 0.717) is 25.2 Å². The Morgan fingerprint density at radius 2 is 2.05 bits per heavy atom. The van der Waals surface area contributed by atoms with Crippen molar-refractivity contribution in [2.24, 2.45) is 11.7 Å². The van der Waals surface area contributed by atoms with Crippen LogP contribution < -0.4 is 5.73 Å². The van der Waals surface area contributed by atoms with Gasteiger partial charge >= 0.3 is 5.97 Å². The zero-order chi connectivity index (χ0) is 15.5. The van der Waals surface area contributed by atoms with Gasteiger partial charge in [-0.1, -0.05) is 0 Å². The third-order valence-electron chi connectivity index (χ3n) is 3.59. The molecule has 6 nitrogen and oxygen atoms in total. The van der Waals surface area contributed by atoms with Gasteiger partial charge in [-0.3, -0.25) is 0 Å². The monoisotopic (exact) mass is 312 g/mol. The topological polar surface area (TPSA) is 89.7 Å². The standard InChI is InChI=1S/C14H20N2O4S/c1-2-20-14(17)12-3-5-13(6-4-12)21(18,19)16-8-7-11(9-15)10-16/h3-6,11H,2,7-10,15H2,1H3. The lowest BCUT2D eigenvalue weighted by Crippen LogP contribution is -2.30. The van der Waals surface area contributed by atoms with Crippen molar-refractivity contribution in [1.29, 1.82) is 0 Å². The van der Waals surface area contributed by atoms with Crippen molar-refractivity contribution >= 4 is 16.0 Å². The van der Waals surface area contributed by atoms with Crippen molar-refractivity contribution in [3.8, 4) is 0 Å². The molecule has 0 aromatic heterocycles. The molecule has 1 unspecified atom stereocenters. The minimum absolute atomic E-state index is 0.188. The largest absolute Gasteiger partial charge is 0.462 e. The van der Waals surface area contributed by atoms with Crippen LogP contribution in [0.3, 0.4) is 0 Å². The molecule has 0 saturated carbocycles. The lowest BCUT2D eigenvalue weighted by molar-refractivity contribution is 0.0526. The van der Waals surface area contributed by atoms with Gasteiger partial charge in [0.15, 0.2) is 0 Å². The molecule has 1 atom stereocenters. The summed E-state index contributed by atoms with van der Waals surface area (Å²) in [7, 11) is -3.51. The molecule has 2 rings (SSSR count). The summed E-state index contributed by atoms with van der Waals surface area (Å²) in [6, 6.07) is 5.83. The molecule has 1 aliphatic rings. The number of sulfonamides is 1. The van der Waals surface area contributed by atoms with Crippen LogP contribution in [0.4, 0.5) is 0 Å². The van der Waals surface area contributed by atoms with Gasteiger partial charge < -0.3 is 10.5 Å². The van der Waals surface area contributed by atoms with Crippen LogP contribution in [0.1, 0.15) is 23.7 Å². The van der Waals surface area contributed by atoms with Gasteiger partial charge in [-0.05, 0) is 50.1 Å². The molecule has 0 amide bonds. The summed E-state index contributed by atoms with van der Waals surface area (Å²) in [4.78, 5) is 11.7. The second-order valence-electron chi connectivity index (χ2n) is 5.00. The van der Waals surface area contributed by atoms with Crippen LogP contribution in [0.2, 0.25) is 0 Å². The number of hydrogen-bond donors (Lipinski definition) is 1. The minimum atomic E-state index is -3.51. The molecule has 0 radical (unpaired) electrons. The zero-order valence-corrected chi connectivity index (χ0v) is 12.8. The molecule has 0 bridgehead atoms. The number of nitrogens with two attached hydrogens (primary N) is 1. The third-order valence-corrected chi connectivity index (χ3v) is 5.46. The Balaban J connectivity index is 2.16. The second kappa shape index (κ2) is 6.55. The fourth-order valence-corrected chi connectivity index (χ4v) is 3.87. The van der Waals surface area contributed by atoms with Crippen LogP contribution in [0, 0.1) is 5.92 Å². The number of esters is 1. The summed E-state index contributed by atoms with van der Waals surface area (Å²) in [5, 5.41) is 0. The second-order valence-corrected chi connectivity index (χ2v) is 6.94. The summed E-state index contributed by atoms with van der Waals surface area (Å²) < 4.78 is 31.3. The van der Waals surface area contributed by atoms with Crippen LogP contribution in [0.5, 0.6) is 0 Å². The molecule has 1 saturated heterocycles. The molecule has 1 heterocycles. The smallest absolute Gasteiger partial charge is 0.338 e. The van der Waals surface area contributed by atoms with Crippen LogP contribution in [-0.2, 0) is 14.8 Å². The van der Waals surface area contributed by atoms with Crippen molar-refractivity contribution in [2.45, 2.75) is 18.2 Å². The highest BCUT2D eigenvalue weighted by molar-refractivity contribution is 7.89. The zero-order valence-electron chi connectivity index (χ0n) is 12.0. The van der Waals surface area contributed by atoms with Crippen LogP contribution in [0.15, 0.2) is 29.2 Å². The highest BCUT2D eigenvalue weighted by Gasteiger charge is 2.31. The fraction of sp³-hybridized carbons (Fsp3) is 0.500. The van der Waals surface area contributed by atoms with Crippen molar-refractivity contribution in [3.05, 3.63) is 29.8 Å². The molecular formula is C14H20N2O4S. The molecule has 1 aromatic carbocycles. The van der Waals surface area contributed by atoms with Crippen LogP contribution >= 0.6 is 0 Å². The molecule has 2 N–H and O–H groups in total. The van der Waals surface area contributed by atoms with Crippen LogP contribution in [-0.4, -0.2) is 44.9 Å². The number of ether oxygens (including phenoxy) is 1. The van der Waals surface area contributed by atoms with Crippen molar-refractivity contribution < 1.29 is 17.9 Å². The Kier molecular flexibility index (Phi) is 4.97. The van der Waals surface area contributed by atoms with E-state index in [1.165, 1.54) is 28.6 Å². The average molecular weight is 312 g/mol. The highest BCUT2D eigenvalue weighted by atomic mass is 32.2. The predicted molar refractivity (Wildman–Crippen MR) is 78.3 cm³/mol. The maximum absolute atomic E-state index is 12.5. The van der Waals surface area contributed by atoms with E-state index in [-0.39, 0.29) is 17.4 Å². The van der Waals surface area contributed by atoms with E-state index < -0.39 is 16.0 Å². The number of benzene rings is 1. The maximum atomic E-state index is 12.5. The number of carbonyl (C=O) groups is 1. The van der Waals surface area contributed by atoms with E-state index in [1.54, 1.807) is 6.92 Å². The van der Waals surface area contributed by atoms with E-state index in [9.17, 15) is 13.2 Å². The normalized spacial score (nSPS) is 19.6. The van der Waals surface area contributed by atoms with E-state index in [2.05, 4.69) is 0 Å². The first-order chi connectivity index (χ1) is 9.98. The van der Waals surface area contributed by atoms with E-state index in [0.717, 1.165) is 6.42 Å². The van der Waals surface area contributed by atoms with E-state index in [1.807, 2.05) is 0 Å². The van der Waals surface area contributed by atoms with Gasteiger partial charge in [-0.2, -0.15) is 4.31 Å². The van der Waals surface area contributed by atoms with Crippen molar-refractivity contribution in [1.82, 2.24) is 4.31 Å². The summed E-state index contributed by atoms with van der Waals surface area (Å²) in [5.74, 6) is -0.232. The van der Waals surface area contributed by atoms with Gasteiger partial charge in [0.1, 0.15) is 0 Å². The Labute approximate surface area is 124 Å². The Morgan fingerprint density at radius 1 is 1.38 bits per heavy atom. The lowest BCUT2D eigenvalue weighted by Gasteiger charge is -2.16. The summed E-state index contributed by atoms with van der Waals surface area (Å²) in [5.41, 5.74) is 5.93. The Hall–Kier alpha value is -1.44. The van der Waals surface area contributed by atoms with Gasteiger partial charge in [0, 0.05) is 13.1 Å². The summed E-state index contributed by atoms with van der Waals surface area (Å²) in [6.45, 7) is 3.45. The summed E-state index contributed by atoms with van der Waals surface area (Å²) in [6.07, 6.45) is 0.788. The molecular weight excluding hydrogens is 292 g/mol. The first kappa shape index (κ1) is 15.9. The summed E-state index contributed by atoms with van der Waals surface area (Å²) >= 11 is 0. The first-order valence-corrected chi connectivity index (χ1v) is 8.40. The Bertz CT molecular complexity index is 598. The molecule has 1 aliphatic heterocycles. The molecule has 21 heavy (non-hydrogen) atoms. The fourth-order valence-electron chi connectivity index (χ4n) is 2.33. The molecule has 1 fully saturated rings. The van der Waals surface area contributed by atoms with Gasteiger partial charge in [-0.25, -0.2) is 13.2 Å². The van der Waals surface area contributed by atoms with Crippen molar-refractivity contribution in [3.63, 3.8) is 0 Å². The SMILES string of the molecule is CCOC(=O)c1ccc(S(=O)(=O)N2CCC(CN)C2)cc1. The molecule has 1 aromatic rings. The molecule has 7 heteroatoms. The quantitative estimate of drug-likeness (QED) is 0.814. The number of carbonyl (C=O) groups excluding carboxylic acids is 1. The number of nitrogens with zero attached hydrogens (tertiary/aromatic N) is 1.